The molecule has 0 bridgehead atoms. The molecule has 19 heavy (non-hydrogen) atoms. The fraction of sp³-hybridized carbons (Fsp3) is 0.231. The van der Waals surface area contributed by atoms with Crippen molar-refractivity contribution in [2.75, 3.05) is 5.32 Å². The standard InChI is InChI=1S/C13H12ClIN2OS/c1-3-11-7(2)19-13(16-11)17-12(18)9-6-8(14)4-5-10(9)15/h4-6H,3H2,1-2H3,(H,16,17,18). The van der Waals surface area contributed by atoms with Crippen LogP contribution < -0.4 is 5.32 Å². The molecule has 6 heteroatoms. The van der Waals surface area contributed by atoms with E-state index in [0.717, 1.165) is 20.6 Å². The Morgan fingerprint density at radius 1 is 1.53 bits per heavy atom. The number of anilines is 1. The number of hydrogen-bond acceptors (Lipinski definition) is 3. The maximum absolute atomic E-state index is 12.2. The zero-order chi connectivity index (χ0) is 14.0. The van der Waals surface area contributed by atoms with Crippen molar-refractivity contribution in [2.24, 2.45) is 0 Å². The Morgan fingerprint density at radius 2 is 2.26 bits per heavy atom. The first-order chi connectivity index (χ1) is 9.01. The van der Waals surface area contributed by atoms with Crippen molar-refractivity contribution in [3.63, 3.8) is 0 Å². The number of hydrogen-bond donors (Lipinski definition) is 1. The van der Waals surface area contributed by atoms with E-state index in [4.69, 9.17) is 11.6 Å². The van der Waals surface area contributed by atoms with E-state index in [1.54, 1.807) is 12.1 Å². The van der Waals surface area contributed by atoms with Crippen LogP contribution in [0.2, 0.25) is 5.02 Å². The van der Waals surface area contributed by atoms with Crippen LogP contribution in [0.4, 0.5) is 5.13 Å². The fourth-order valence-corrected chi connectivity index (χ4v) is 3.30. The van der Waals surface area contributed by atoms with Gasteiger partial charge in [-0.05, 0) is 54.1 Å². The first-order valence-corrected chi connectivity index (χ1v) is 8.01. The van der Waals surface area contributed by atoms with Crippen LogP contribution in [0.3, 0.4) is 0 Å². The maximum Gasteiger partial charge on any atom is 0.258 e. The molecule has 100 valence electrons. The van der Waals surface area contributed by atoms with Crippen molar-refractivity contribution >= 4 is 56.6 Å². The van der Waals surface area contributed by atoms with Crippen LogP contribution in [0.25, 0.3) is 0 Å². The number of rotatable bonds is 3. The zero-order valence-electron chi connectivity index (χ0n) is 10.5. The molecule has 3 nitrogen and oxygen atoms in total. The third kappa shape index (κ3) is 3.46. The SMILES string of the molecule is CCc1nc(NC(=O)c2cc(Cl)ccc2I)sc1C. The summed E-state index contributed by atoms with van der Waals surface area (Å²) in [5.41, 5.74) is 1.60. The number of benzene rings is 1. The number of nitrogens with zero attached hydrogens (tertiary/aromatic N) is 1. The summed E-state index contributed by atoms with van der Waals surface area (Å²) in [4.78, 5) is 17.7. The first kappa shape index (κ1) is 14.7. The minimum atomic E-state index is -0.177. The van der Waals surface area contributed by atoms with Crippen LogP contribution in [0, 0.1) is 10.5 Å². The van der Waals surface area contributed by atoms with Crippen molar-refractivity contribution in [2.45, 2.75) is 20.3 Å². The van der Waals surface area contributed by atoms with Gasteiger partial charge in [0.05, 0.1) is 11.3 Å². The number of nitrogens with one attached hydrogen (secondary N) is 1. The minimum Gasteiger partial charge on any atom is -0.298 e. The molecular weight excluding hydrogens is 395 g/mol. The van der Waals surface area contributed by atoms with E-state index in [0.29, 0.717) is 15.7 Å². The molecule has 0 unspecified atom stereocenters. The van der Waals surface area contributed by atoms with Crippen LogP contribution in [-0.4, -0.2) is 10.9 Å². The van der Waals surface area contributed by atoms with Crippen LogP contribution in [-0.2, 0) is 6.42 Å². The van der Waals surface area contributed by atoms with Gasteiger partial charge in [0.1, 0.15) is 0 Å². The molecule has 0 aliphatic heterocycles. The molecule has 2 aromatic rings. The summed E-state index contributed by atoms with van der Waals surface area (Å²) in [6.45, 7) is 4.06. The third-order valence-electron chi connectivity index (χ3n) is 2.62. The Balaban J connectivity index is 2.22. The van der Waals surface area contributed by atoms with Crippen LogP contribution in [0.1, 0.15) is 27.9 Å². The number of halogens is 2. The van der Waals surface area contributed by atoms with Gasteiger partial charge in [-0.25, -0.2) is 4.98 Å². The highest BCUT2D eigenvalue weighted by Gasteiger charge is 2.14. The summed E-state index contributed by atoms with van der Waals surface area (Å²) in [7, 11) is 0. The molecule has 2 rings (SSSR count). The molecule has 0 fully saturated rings. The van der Waals surface area contributed by atoms with Gasteiger partial charge in [-0.3, -0.25) is 10.1 Å². The van der Waals surface area contributed by atoms with Gasteiger partial charge in [-0.1, -0.05) is 18.5 Å². The molecule has 1 amide bonds. The second kappa shape index (κ2) is 6.19. The summed E-state index contributed by atoms with van der Waals surface area (Å²) < 4.78 is 0.864. The summed E-state index contributed by atoms with van der Waals surface area (Å²) >= 11 is 9.53. The number of amides is 1. The number of aromatic nitrogens is 1. The lowest BCUT2D eigenvalue weighted by molar-refractivity contribution is 0.102. The van der Waals surface area contributed by atoms with Gasteiger partial charge >= 0.3 is 0 Å². The molecule has 1 aromatic carbocycles. The average molecular weight is 407 g/mol. The van der Waals surface area contributed by atoms with Crippen molar-refractivity contribution in [1.29, 1.82) is 0 Å². The maximum atomic E-state index is 12.2. The van der Waals surface area contributed by atoms with Crippen molar-refractivity contribution < 1.29 is 4.79 Å². The first-order valence-electron chi connectivity index (χ1n) is 5.74. The van der Waals surface area contributed by atoms with Gasteiger partial charge in [-0.2, -0.15) is 0 Å². The van der Waals surface area contributed by atoms with Crippen LogP contribution in [0.15, 0.2) is 18.2 Å². The molecule has 1 heterocycles. The molecule has 0 aliphatic carbocycles. The Bertz CT molecular complexity index is 627. The predicted molar refractivity (Wildman–Crippen MR) is 88.4 cm³/mol. The molecule has 0 radical (unpaired) electrons. The lowest BCUT2D eigenvalue weighted by Crippen LogP contribution is -2.13. The van der Waals surface area contributed by atoms with Gasteiger partial charge < -0.3 is 0 Å². The van der Waals surface area contributed by atoms with Crippen molar-refractivity contribution in [3.05, 3.63) is 42.9 Å². The van der Waals surface area contributed by atoms with Crippen LogP contribution >= 0.6 is 45.5 Å². The number of aryl methyl sites for hydroxylation is 2. The fourth-order valence-electron chi connectivity index (χ4n) is 1.65. The molecule has 1 N–H and O–H groups in total. The highest BCUT2D eigenvalue weighted by atomic mass is 127. The van der Waals surface area contributed by atoms with Gasteiger partial charge in [0.25, 0.3) is 5.91 Å². The largest absolute Gasteiger partial charge is 0.298 e. The molecule has 0 saturated carbocycles. The van der Waals surface area contributed by atoms with E-state index < -0.39 is 0 Å². The Morgan fingerprint density at radius 3 is 2.89 bits per heavy atom. The van der Waals surface area contributed by atoms with E-state index >= 15 is 0 Å². The van der Waals surface area contributed by atoms with Crippen LogP contribution in [0.5, 0.6) is 0 Å². The lowest BCUT2D eigenvalue weighted by atomic mass is 10.2. The van der Waals surface area contributed by atoms with Gasteiger partial charge in [0.2, 0.25) is 0 Å². The quantitative estimate of drug-likeness (QED) is 0.761. The van der Waals surface area contributed by atoms with E-state index in [1.807, 2.05) is 19.9 Å². The zero-order valence-corrected chi connectivity index (χ0v) is 14.2. The van der Waals surface area contributed by atoms with Gasteiger partial charge in [-0.15, -0.1) is 11.3 Å². The summed E-state index contributed by atoms with van der Waals surface area (Å²) in [5.74, 6) is -0.177. The number of thiazole rings is 1. The highest BCUT2D eigenvalue weighted by molar-refractivity contribution is 14.1. The molecule has 0 saturated heterocycles. The Kier molecular flexibility index (Phi) is 4.81. The lowest BCUT2D eigenvalue weighted by Gasteiger charge is -2.04. The predicted octanol–water partition coefficient (Wildman–Crippen LogP) is 4.52. The number of carbonyl (C=O) groups excluding carboxylic acids is 1. The van der Waals surface area contributed by atoms with E-state index in [2.05, 4.69) is 32.9 Å². The van der Waals surface area contributed by atoms with E-state index in [9.17, 15) is 4.79 Å². The molecule has 0 aliphatic rings. The average Bonchev–Trinajstić information content (AvgIpc) is 2.72. The van der Waals surface area contributed by atoms with E-state index in [1.165, 1.54) is 11.3 Å². The normalized spacial score (nSPS) is 10.5. The van der Waals surface area contributed by atoms with Crippen molar-refractivity contribution in [1.82, 2.24) is 4.98 Å². The molecule has 0 spiro atoms. The molecular formula is C13H12ClIN2OS. The summed E-state index contributed by atoms with van der Waals surface area (Å²) in [6.07, 6.45) is 0.868. The molecule has 1 aromatic heterocycles. The highest BCUT2D eigenvalue weighted by Crippen LogP contribution is 2.24. The van der Waals surface area contributed by atoms with Crippen molar-refractivity contribution in [3.8, 4) is 0 Å². The summed E-state index contributed by atoms with van der Waals surface area (Å²) in [6, 6.07) is 5.26. The molecule has 0 atom stereocenters. The van der Waals surface area contributed by atoms with Gasteiger partial charge in [0.15, 0.2) is 5.13 Å². The summed E-state index contributed by atoms with van der Waals surface area (Å²) in [5, 5.41) is 4.01. The second-order valence-electron chi connectivity index (χ2n) is 3.95. The monoisotopic (exact) mass is 406 g/mol. The second-order valence-corrected chi connectivity index (χ2v) is 6.76. The van der Waals surface area contributed by atoms with E-state index in [-0.39, 0.29) is 5.91 Å². The number of carbonyl (C=O) groups is 1. The van der Waals surface area contributed by atoms with Gasteiger partial charge in [0, 0.05) is 13.5 Å². The Labute approximate surface area is 134 Å². The topological polar surface area (TPSA) is 42.0 Å². The third-order valence-corrected chi connectivity index (χ3v) is 4.73. The minimum absolute atomic E-state index is 0.177. The smallest absolute Gasteiger partial charge is 0.258 e. The Hall–Kier alpha value is -0.660.